The van der Waals surface area contributed by atoms with E-state index in [2.05, 4.69) is 4.98 Å². The Labute approximate surface area is 197 Å². The minimum Gasteiger partial charge on any atom is -0.457 e. The quantitative estimate of drug-likeness (QED) is 0.376. The topological polar surface area (TPSA) is 129 Å². The van der Waals surface area contributed by atoms with Crippen molar-refractivity contribution in [3.63, 3.8) is 0 Å². The molecule has 0 aliphatic carbocycles. The van der Waals surface area contributed by atoms with Crippen LogP contribution in [0.2, 0.25) is 0 Å². The molecule has 1 aromatic heterocycles. The Morgan fingerprint density at radius 1 is 0.941 bits per heavy atom. The fraction of sp³-hybridized carbons (Fsp3) is 0.154. The molecule has 0 aliphatic rings. The fourth-order valence-electron chi connectivity index (χ4n) is 3.25. The number of amides is 3. The Balaban J connectivity index is 1.75. The number of aromatic nitrogens is 1. The zero-order valence-electron chi connectivity index (χ0n) is 19.0. The summed E-state index contributed by atoms with van der Waals surface area (Å²) in [7, 11) is 3.41. The van der Waals surface area contributed by atoms with Gasteiger partial charge in [0.1, 0.15) is 17.4 Å². The van der Waals surface area contributed by atoms with Crippen LogP contribution in [-0.2, 0) is 20.8 Å². The van der Waals surface area contributed by atoms with E-state index in [-0.39, 0.29) is 12.3 Å². The fourth-order valence-corrected chi connectivity index (χ4v) is 3.25. The largest absolute Gasteiger partial charge is 0.457 e. The molecule has 4 N–H and O–H groups in total. The minimum absolute atomic E-state index is 0.127. The highest BCUT2D eigenvalue weighted by atomic mass is 16.5. The van der Waals surface area contributed by atoms with Crippen molar-refractivity contribution in [1.29, 1.82) is 0 Å². The van der Waals surface area contributed by atoms with Gasteiger partial charge in [-0.3, -0.25) is 19.4 Å². The summed E-state index contributed by atoms with van der Waals surface area (Å²) in [5, 5.41) is 0. The number of likely N-dealkylation sites (N-methyl/N-ethyl adjacent to an activating group) is 1. The number of nitrogens with two attached hydrogens (primary N) is 2. The molecule has 34 heavy (non-hydrogen) atoms. The Hall–Kier alpha value is -4.46. The van der Waals surface area contributed by atoms with Gasteiger partial charge in [0, 0.05) is 32.1 Å². The molecule has 2 aromatic carbocycles. The van der Waals surface area contributed by atoms with Crippen LogP contribution in [0.1, 0.15) is 16.7 Å². The number of carbonyl (C=O) groups excluding carboxylic acids is 3. The lowest BCUT2D eigenvalue weighted by Crippen LogP contribution is -2.36. The van der Waals surface area contributed by atoms with E-state index >= 15 is 0 Å². The van der Waals surface area contributed by atoms with E-state index in [0.717, 1.165) is 16.7 Å². The number of primary amides is 2. The third-order valence-corrected chi connectivity index (χ3v) is 5.08. The van der Waals surface area contributed by atoms with E-state index in [1.54, 1.807) is 69.0 Å². The van der Waals surface area contributed by atoms with Crippen molar-refractivity contribution >= 4 is 29.4 Å². The van der Waals surface area contributed by atoms with Gasteiger partial charge in [0.15, 0.2) is 0 Å². The van der Waals surface area contributed by atoms with E-state index in [1.165, 1.54) is 4.90 Å². The predicted molar refractivity (Wildman–Crippen MR) is 129 cm³/mol. The van der Waals surface area contributed by atoms with Crippen LogP contribution in [0, 0.1) is 5.92 Å². The standard InChI is InChI=1S/C26H26N4O4/c1-30(2)26(33)22(15-18-4-3-13-29-16-18)19-7-11-21(12-8-19)34-20-9-5-17(6-10-20)14-23(24(27)31)25(28)32/h3-13,15-16,23H,14H2,1-2H3,(H2,27,31)(H2,28,32). The minimum atomic E-state index is -1.06. The molecule has 8 nitrogen and oxygen atoms in total. The van der Waals surface area contributed by atoms with Crippen LogP contribution >= 0.6 is 0 Å². The highest BCUT2D eigenvalue weighted by molar-refractivity contribution is 6.24. The maximum Gasteiger partial charge on any atom is 0.253 e. The van der Waals surface area contributed by atoms with Crippen LogP contribution in [0.4, 0.5) is 0 Å². The first kappa shape index (κ1) is 24.2. The number of nitrogens with zero attached hydrogens (tertiary/aromatic N) is 2. The van der Waals surface area contributed by atoms with Crippen LogP contribution < -0.4 is 16.2 Å². The number of carbonyl (C=O) groups is 3. The number of rotatable bonds is 9. The van der Waals surface area contributed by atoms with Crippen LogP contribution in [0.5, 0.6) is 11.5 Å². The first-order valence-corrected chi connectivity index (χ1v) is 10.5. The van der Waals surface area contributed by atoms with Crippen LogP contribution in [-0.4, -0.2) is 41.7 Å². The molecule has 0 fully saturated rings. The van der Waals surface area contributed by atoms with Crippen LogP contribution in [0.25, 0.3) is 11.6 Å². The lowest BCUT2D eigenvalue weighted by atomic mass is 9.98. The highest BCUT2D eigenvalue weighted by Gasteiger charge is 2.22. The van der Waals surface area contributed by atoms with E-state index < -0.39 is 17.7 Å². The molecule has 3 rings (SSSR count). The number of ether oxygens (including phenoxy) is 1. The van der Waals surface area contributed by atoms with E-state index in [4.69, 9.17) is 16.2 Å². The Kier molecular flexibility index (Phi) is 7.76. The van der Waals surface area contributed by atoms with E-state index in [1.807, 2.05) is 24.3 Å². The van der Waals surface area contributed by atoms with Gasteiger partial charge in [-0.25, -0.2) is 0 Å². The number of benzene rings is 2. The van der Waals surface area contributed by atoms with Gasteiger partial charge in [0.25, 0.3) is 5.91 Å². The molecule has 3 amide bonds. The maximum atomic E-state index is 12.8. The van der Waals surface area contributed by atoms with Gasteiger partial charge in [-0.1, -0.05) is 30.3 Å². The van der Waals surface area contributed by atoms with Crippen molar-refractivity contribution in [2.45, 2.75) is 6.42 Å². The molecule has 174 valence electrons. The molecular weight excluding hydrogens is 432 g/mol. The van der Waals surface area contributed by atoms with Crippen molar-refractivity contribution in [3.8, 4) is 11.5 Å². The molecule has 0 bridgehead atoms. The number of hydrogen-bond donors (Lipinski definition) is 2. The second-order valence-corrected chi connectivity index (χ2v) is 7.88. The van der Waals surface area contributed by atoms with Crippen LogP contribution in [0.3, 0.4) is 0 Å². The summed E-state index contributed by atoms with van der Waals surface area (Å²) >= 11 is 0. The molecular formula is C26H26N4O4. The Morgan fingerprint density at radius 2 is 1.53 bits per heavy atom. The van der Waals surface area contributed by atoms with Gasteiger partial charge >= 0.3 is 0 Å². The summed E-state index contributed by atoms with van der Waals surface area (Å²) in [6.07, 6.45) is 5.30. The average molecular weight is 459 g/mol. The normalized spacial score (nSPS) is 11.2. The summed E-state index contributed by atoms with van der Waals surface area (Å²) in [6.45, 7) is 0. The van der Waals surface area contributed by atoms with Gasteiger partial charge in [-0.05, 0) is 59.5 Å². The summed E-state index contributed by atoms with van der Waals surface area (Å²) in [4.78, 5) is 41.1. The third kappa shape index (κ3) is 6.29. The van der Waals surface area contributed by atoms with Crippen molar-refractivity contribution in [3.05, 3.63) is 89.7 Å². The Bertz CT molecular complexity index is 1170. The molecule has 0 spiro atoms. The number of pyridine rings is 1. The molecule has 0 atom stereocenters. The first-order valence-electron chi connectivity index (χ1n) is 10.5. The van der Waals surface area contributed by atoms with Crippen molar-refractivity contribution in [2.24, 2.45) is 17.4 Å². The molecule has 0 saturated carbocycles. The van der Waals surface area contributed by atoms with E-state index in [0.29, 0.717) is 17.1 Å². The van der Waals surface area contributed by atoms with Gasteiger partial charge in [0.2, 0.25) is 11.8 Å². The molecule has 0 radical (unpaired) electrons. The maximum absolute atomic E-state index is 12.8. The zero-order valence-corrected chi connectivity index (χ0v) is 19.0. The molecule has 1 heterocycles. The van der Waals surface area contributed by atoms with Crippen LogP contribution in [0.15, 0.2) is 73.1 Å². The lowest BCUT2D eigenvalue weighted by Gasteiger charge is -2.15. The monoisotopic (exact) mass is 458 g/mol. The van der Waals surface area contributed by atoms with E-state index in [9.17, 15) is 14.4 Å². The smallest absolute Gasteiger partial charge is 0.253 e. The first-order chi connectivity index (χ1) is 16.2. The summed E-state index contributed by atoms with van der Waals surface area (Å²) in [5.41, 5.74) is 13.3. The second-order valence-electron chi connectivity index (χ2n) is 7.88. The summed E-state index contributed by atoms with van der Waals surface area (Å²) < 4.78 is 5.89. The molecule has 3 aromatic rings. The molecule has 0 unspecified atom stereocenters. The molecule has 8 heteroatoms. The second kappa shape index (κ2) is 10.9. The van der Waals surface area contributed by atoms with Crippen molar-refractivity contribution < 1.29 is 19.1 Å². The zero-order chi connectivity index (χ0) is 24.7. The Morgan fingerprint density at radius 3 is 2.03 bits per heavy atom. The van der Waals surface area contributed by atoms with Gasteiger partial charge < -0.3 is 21.1 Å². The lowest BCUT2D eigenvalue weighted by molar-refractivity contribution is -0.131. The van der Waals surface area contributed by atoms with Gasteiger partial charge in [-0.2, -0.15) is 0 Å². The average Bonchev–Trinajstić information content (AvgIpc) is 2.82. The third-order valence-electron chi connectivity index (χ3n) is 5.08. The molecule has 0 saturated heterocycles. The van der Waals surface area contributed by atoms with Crippen molar-refractivity contribution in [1.82, 2.24) is 9.88 Å². The van der Waals surface area contributed by atoms with Crippen molar-refractivity contribution in [2.75, 3.05) is 14.1 Å². The highest BCUT2D eigenvalue weighted by Crippen LogP contribution is 2.26. The molecule has 0 aliphatic heterocycles. The SMILES string of the molecule is CN(C)C(=O)C(=Cc1cccnc1)c1ccc(Oc2ccc(CC(C(N)=O)C(N)=O)cc2)cc1. The summed E-state index contributed by atoms with van der Waals surface area (Å²) in [5.74, 6) is -1.53. The summed E-state index contributed by atoms with van der Waals surface area (Å²) in [6, 6.07) is 17.8. The number of hydrogen-bond acceptors (Lipinski definition) is 5. The van der Waals surface area contributed by atoms with Gasteiger partial charge in [0.05, 0.1) is 0 Å². The predicted octanol–water partition coefficient (Wildman–Crippen LogP) is 2.63. The van der Waals surface area contributed by atoms with Gasteiger partial charge in [-0.15, -0.1) is 0 Å².